The molecule has 0 aromatic heterocycles. The number of hydrogen-bond acceptors (Lipinski definition) is 2. The van der Waals surface area contributed by atoms with Crippen LogP contribution in [0.15, 0.2) is 24.3 Å². The van der Waals surface area contributed by atoms with Gasteiger partial charge in [-0.1, -0.05) is 37.1 Å². The third kappa shape index (κ3) is 4.06. The van der Waals surface area contributed by atoms with E-state index < -0.39 is 0 Å². The number of amides is 1. The van der Waals surface area contributed by atoms with Gasteiger partial charge in [0.1, 0.15) is 0 Å². The molecule has 1 aromatic rings. The molecule has 3 heteroatoms. The van der Waals surface area contributed by atoms with E-state index in [4.69, 9.17) is 0 Å². The van der Waals surface area contributed by atoms with Gasteiger partial charge in [0.2, 0.25) is 5.91 Å². The minimum atomic E-state index is -0.243. The third-order valence-electron chi connectivity index (χ3n) is 4.04. The van der Waals surface area contributed by atoms with Crippen molar-refractivity contribution in [3.8, 4) is 0 Å². The fourth-order valence-electron chi connectivity index (χ4n) is 2.72. The Morgan fingerprint density at radius 3 is 2.79 bits per heavy atom. The van der Waals surface area contributed by atoms with Gasteiger partial charge >= 0.3 is 0 Å². The van der Waals surface area contributed by atoms with Crippen LogP contribution in [0.25, 0.3) is 0 Å². The summed E-state index contributed by atoms with van der Waals surface area (Å²) >= 11 is 0. The first-order valence-corrected chi connectivity index (χ1v) is 7.16. The van der Waals surface area contributed by atoms with Gasteiger partial charge in [-0.3, -0.25) is 4.79 Å². The largest absolute Gasteiger partial charge is 0.393 e. The fraction of sp³-hybridized carbons (Fsp3) is 0.562. The third-order valence-corrected chi connectivity index (χ3v) is 4.04. The maximum Gasteiger partial charge on any atom is 0.224 e. The summed E-state index contributed by atoms with van der Waals surface area (Å²) in [5.74, 6) is 0.279. The van der Waals surface area contributed by atoms with Crippen LogP contribution in [-0.2, 0) is 11.2 Å². The van der Waals surface area contributed by atoms with E-state index in [0.717, 1.165) is 36.8 Å². The summed E-state index contributed by atoms with van der Waals surface area (Å²) in [4.78, 5) is 11.9. The summed E-state index contributed by atoms with van der Waals surface area (Å²) in [7, 11) is 0. The Balaban J connectivity index is 1.80. The minimum absolute atomic E-state index is 0.0482. The van der Waals surface area contributed by atoms with E-state index in [0.29, 0.717) is 13.0 Å². The number of carbonyl (C=O) groups excluding carboxylic acids is 1. The molecule has 0 saturated heterocycles. The predicted octanol–water partition coefficient (Wildman–Crippen LogP) is 2.20. The molecule has 104 valence electrons. The standard InChI is InChI=1S/C16H23NO2/c1-12-6-2-3-7-13(12)10-16(19)17-11-14-8-4-5-9-15(14)18/h2-3,6-7,14-15,18H,4-5,8-11H2,1H3,(H,17,19). The topological polar surface area (TPSA) is 49.3 Å². The van der Waals surface area contributed by atoms with Crippen molar-refractivity contribution < 1.29 is 9.90 Å². The highest BCUT2D eigenvalue weighted by Crippen LogP contribution is 2.23. The molecular weight excluding hydrogens is 238 g/mol. The Kier molecular flexibility index (Phi) is 4.97. The van der Waals surface area contributed by atoms with Crippen LogP contribution < -0.4 is 5.32 Å². The van der Waals surface area contributed by atoms with Crippen molar-refractivity contribution >= 4 is 5.91 Å². The lowest BCUT2D eigenvalue weighted by Crippen LogP contribution is -2.37. The monoisotopic (exact) mass is 261 g/mol. The molecule has 0 heterocycles. The number of aliphatic hydroxyl groups is 1. The lowest BCUT2D eigenvalue weighted by atomic mass is 9.86. The van der Waals surface area contributed by atoms with Crippen molar-refractivity contribution in [1.82, 2.24) is 5.32 Å². The molecule has 1 aliphatic carbocycles. The highest BCUT2D eigenvalue weighted by molar-refractivity contribution is 5.78. The van der Waals surface area contributed by atoms with Gasteiger partial charge in [0, 0.05) is 12.5 Å². The molecule has 2 atom stereocenters. The van der Waals surface area contributed by atoms with Crippen molar-refractivity contribution in [2.24, 2.45) is 5.92 Å². The van der Waals surface area contributed by atoms with Crippen LogP contribution in [0, 0.1) is 12.8 Å². The van der Waals surface area contributed by atoms with Gasteiger partial charge in [-0.15, -0.1) is 0 Å². The highest BCUT2D eigenvalue weighted by atomic mass is 16.3. The van der Waals surface area contributed by atoms with E-state index >= 15 is 0 Å². The van der Waals surface area contributed by atoms with E-state index in [-0.39, 0.29) is 17.9 Å². The first-order chi connectivity index (χ1) is 9.16. The van der Waals surface area contributed by atoms with Crippen LogP contribution in [0.1, 0.15) is 36.8 Å². The smallest absolute Gasteiger partial charge is 0.224 e. The van der Waals surface area contributed by atoms with E-state index in [1.807, 2.05) is 31.2 Å². The van der Waals surface area contributed by atoms with Crippen LogP contribution in [0.4, 0.5) is 0 Å². The summed E-state index contributed by atoms with van der Waals surface area (Å²) in [6.45, 7) is 2.62. The summed E-state index contributed by atoms with van der Waals surface area (Å²) in [6.07, 6.45) is 4.34. The molecule has 1 amide bonds. The Morgan fingerprint density at radius 1 is 1.32 bits per heavy atom. The number of hydrogen-bond donors (Lipinski definition) is 2. The Bertz CT molecular complexity index is 431. The van der Waals surface area contributed by atoms with Gasteiger partial charge in [-0.2, -0.15) is 0 Å². The molecule has 2 rings (SSSR count). The summed E-state index contributed by atoms with van der Waals surface area (Å²) in [6, 6.07) is 7.95. The molecule has 0 radical (unpaired) electrons. The molecule has 1 fully saturated rings. The Hall–Kier alpha value is -1.35. The zero-order valence-electron chi connectivity index (χ0n) is 11.6. The van der Waals surface area contributed by atoms with Gasteiger partial charge in [0.15, 0.2) is 0 Å². The predicted molar refractivity (Wildman–Crippen MR) is 75.9 cm³/mol. The molecule has 0 spiro atoms. The second-order valence-electron chi connectivity index (χ2n) is 5.52. The average Bonchev–Trinajstić information content (AvgIpc) is 2.40. The van der Waals surface area contributed by atoms with E-state index in [1.54, 1.807) is 0 Å². The van der Waals surface area contributed by atoms with Crippen LogP contribution in [0.3, 0.4) is 0 Å². The molecule has 1 aromatic carbocycles. The van der Waals surface area contributed by atoms with Crippen molar-refractivity contribution in [3.05, 3.63) is 35.4 Å². The molecule has 2 unspecified atom stereocenters. The van der Waals surface area contributed by atoms with Crippen LogP contribution in [0.2, 0.25) is 0 Å². The lowest BCUT2D eigenvalue weighted by molar-refractivity contribution is -0.120. The van der Waals surface area contributed by atoms with Gasteiger partial charge in [0.25, 0.3) is 0 Å². The number of carbonyl (C=O) groups is 1. The first-order valence-electron chi connectivity index (χ1n) is 7.16. The van der Waals surface area contributed by atoms with Crippen molar-refractivity contribution in [2.75, 3.05) is 6.54 Å². The molecular formula is C16H23NO2. The van der Waals surface area contributed by atoms with Gasteiger partial charge in [-0.25, -0.2) is 0 Å². The molecule has 2 N–H and O–H groups in total. The SMILES string of the molecule is Cc1ccccc1CC(=O)NCC1CCCCC1O. The number of aryl methyl sites for hydroxylation is 1. The van der Waals surface area contributed by atoms with E-state index in [2.05, 4.69) is 5.32 Å². The molecule has 0 bridgehead atoms. The highest BCUT2D eigenvalue weighted by Gasteiger charge is 2.23. The number of nitrogens with one attached hydrogen (secondary N) is 1. The second-order valence-corrected chi connectivity index (χ2v) is 5.52. The zero-order valence-corrected chi connectivity index (χ0v) is 11.6. The van der Waals surface area contributed by atoms with Crippen molar-refractivity contribution in [1.29, 1.82) is 0 Å². The fourth-order valence-corrected chi connectivity index (χ4v) is 2.72. The molecule has 1 saturated carbocycles. The molecule has 1 aliphatic rings. The molecule has 3 nitrogen and oxygen atoms in total. The molecule has 19 heavy (non-hydrogen) atoms. The summed E-state index contributed by atoms with van der Waals surface area (Å²) in [5.41, 5.74) is 2.22. The normalized spacial score (nSPS) is 23.1. The Morgan fingerprint density at radius 2 is 2.05 bits per heavy atom. The van der Waals surface area contributed by atoms with Gasteiger partial charge in [-0.05, 0) is 30.9 Å². The van der Waals surface area contributed by atoms with Gasteiger partial charge in [0.05, 0.1) is 12.5 Å². The number of benzene rings is 1. The van der Waals surface area contributed by atoms with Crippen LogP contribution in [0.5, 0.6) is 0 Å². The maximum absolute atomic E-state index is 11.9. The minimum Gasteiger partial charge on any atom is -0.393 e. The van der Waals surface area contributed by atoms with Crippen LogP contribution in [-0.4, -0.2) is 23.7 Å². The second kappa shape index (κ2) is 6.71. The number of aliphatic hydroxyl groups excluding tert-OH is 1. The van der Waals surface area contributed by atoms with Gasteiger partial charge < -0.3 is 10.4 Å². The first kappa shape index (κ1) is 14.1. The van der Waals surface area contributed by atoms with E-state index in [9.17, 15) is 9.90 Å². The lowest BCUT2D eigenvalue weighted by Gasteiger charge is -2.27. The van der Waals surface area contributed by atoms with Crippen LogP contribution >= 0.6 is 0 Å². The van der Waals surface area contributed by atoms with Crippen molar-refractivity contribution in [2.45, 2.75) is 45.1 Å². The average molecular weight is 261 g/mol. The zero-order chi connectivity index (χ0) is 13.7. The number of rotatable bonds is 4. The quantitative estimate of drug-likeness (QED) is 0.873. The summed E-state index contributed by atoms with van der Waals surface area (Å²) in [5, 5.41) is 12.8. The van der Waals surface area contributed by atoms with Crippen molar-refractivity contribution in [3.63, 3.8) is 0 Å². The Labute approximate surface area is 115 Å². The maximum atomic E-state index is 11.9. The summed E-state index contributed by atoms with van der Waals surface area (Å²) < 4.78 is 0. The van der Waals surface area contributed by atoms with E-state index in [1.165, 1.54) is 0 Å². The molecule has 0 aliphatic heterocycles.